The lowest BCUT2D eigenvalue weighted by molar-refractivity contribution is -0.365. The van der Waals surface area contributed by atoms with Gasteiger partial charge >= 0.3 is 6.18 Å². The zero-order chi connectivity index (χ0) is 17.4. The predicted octanol–water partition coefficient (Wildman–Crippen LogP) is 4.22. The molecule has 1 unspecified atom stereocenters. The van der Waals surface area contributed by atoms with Crippen LogP contribution >= 0.6 is 0 Å². The first-order valence-corrected chi connectivity index (χ1v) is 8.11. The number of nitrogens with zero attached hydrogens (tertiary/aromatic N) is 2. The molecule has 1 aromatic carbocycles. The largest absolute Gasteiger partial charge is 0.431 e. The van der Waals surface area contributed by atoms with E-state index in [1.807, 2.05) is 18.3 Å². The molecule has 0 radical (unpaired) electrons. The average Bonchev–Trinajstić information content (AvgIpc) is 3.05. The molecule has 2 N–H and O–H groups in total. The summed E-state index contributed by atoms with van der Waals surface area (Å²) in [5.74, 6) is 0.544. The van der Waals surface area contributed by atoms with E-state index in [0.717, 1.165) is 25.3 Å². The Kier molecular flexibility index (Phi) is 3.78. The minimum atomic E-state index is -4.44. The molecule has 0 spiro atoms. The van der Waals surface area contributed by atoms with Gasteiger partial charge < -0.3 is 4.98 Å². The van der Waals surface area contributed by atoms with Gasteiger partial charge in [0.05, 0.1) is 6.21 Å². The predicted molar refractivity (Wildman–Crippen MR) is 87.9 cm³/mol. The second kappa shape index (κ2) is 5.98. The van der Waals surface area contributed by atoms with Crippen molar-refractivity contribution in [3.05, 3.63) is 53.5 Å². The van der Waals surface area contributed by atoms with Crippen molar-refractivity contribution in [3.63, 3.8) is 0 Å². The minimum absolute atomic E-state index is 0.169. The van der Waals surface area contributed by atoms with E-state index >= 15 is 0 Å². The van der Waals surface area contributed by atoms with Gasteiger partial charge in [-0.2, -0.15) is 13.2 Å². The first-order chi connectivity index (χ1) is 12.0. The molecule has 2 heterocycles. The first-order valence-electron chi connectivity index (χ1n) is 8.11. The van der Waals surface area contributed by atoms with Crippen molar-refractivity contribution < 1.29 is 18.2 Å². The van der Waals surface area contributed by atoms with Crippen LogP contribution in [0, 0.1) is 0 Å². The topological polar surface area (TPSA) is 55.2 Å². The molecule has 1 aliphatic carbocycles. The van der Waals surface area contributed by atoms with Crippen LogP contribution in [0.25, 0.3) is 11.0 Å². The molecule has 0 aliphatic heterocycles. The number of fused-ring (bicyclic) bond motifs is 2. The Morgan fingerprint density at radius 2 is 2.12 bits per heavy atom. The number of aryl methyl sites for hydroxylation is 1. The van der Waals surface area contributed by atoms with E-state index < -0.39 is 11.9 Å². The third-order valence-electron chi connectivity index (χ3n) is 4.55. The van der Waals surface area contributed by atoms with E-state index in [1.165, 1.54) is 17.5 Å². The van der Waals surface area contributed by atoms with Crippen LogP contribution in [0.3, 0.4) is 0 Å². The molecule has 4 rings (SSSR count). The fourth-order valence-electron chi connectivity index (χ4n) is 3.33. The van der Waals surface area contributed by atoms with Crippen LogP contribution < -0.4 is 4.98 Å². The highest BCUT2D eigenvalue weighted by Crippen LogP contribution is 2.33. The molecular weight excluding hydrogens is 329 g/mol. The molecule has 0 fully saturated rings. The van der Waals surface area contributed by atoms with Gasteiger partial charge in [-0.15, -0.1) is 4.99 Å². The standard InChI is InChI=1S/C18H15F3N4/c19-18(20,21)15-8-14-16(23-10-24-17(14)25-15)22-9-12-6-3-5-11-4-1-2-7-13(11)12/h1-2,4,7-10,12H,3,5-6H2,(H,23,24,25)/p+1/b22-9+. The van der Waals surface area contributed by atoms with Crippen molar-refractivity contribution in [3.8, 4) is 0 Å². The zero-order valence-electron chi connectivity index (χ0n) is 13.3. The van der Waals surface area contributed by atoms with Crippen molar-refractivity contribution in [2.24, 2.45) is 4.99 Å². The normalized spacial score (nSPS) is 18.0. The number of H-pyrrole nitrogens is 2. The van der Waals surface area contributed by atoms with Gasteiger partial charge in [-0.3, -0.25) is 0 Å². The van der Waals surface area contributed by atoms with Crippen molar-refractivity contribution in [2.75, 3.05) is 0 Å². The Hall–Kier alpha value is -2.70. The molecule has 0 saturated carbocycles. The molecule has 3 aromatic rings. The number of hydrogen-bond acceptors (Lipinski definition) is 2. The van der Waals surface area contributed by atoms with Crippen molar-refractivity contribution >= 4 is 23.1 Å². The Balaban J connectivity index is 1.70. The molecule has 7 heteroatoms. The number of rotatable bonds is 2. The fraction of sp³-hybridized carbons (Fsp3) is 0.278. The molecule has 4 nitrogen and oxygen atoms in total. The summed E-state index contributed by atoms with van der Waals surface area (Å²) in [6.07, 6.45) is 1.84. The maximum absolute atomic E-state index is 12.9. The summed E-state index contributed by atoms with van der Waals surface area (Å²) >= 11 is 0. The Labute approximate surface area is 141 Å². The van der Waals surface area contributed by atoms with Gasteiger partial charge in [0.15, 0.2) is 0 Å². The SMILES string of the molecule is FC(F)(F)c1cc2c(/N=C/C3CCCc4ccccc43)[nH+]cnc2[nH]1. The van der Waals surface area contributed by atoms with E-state index in [0.29, 0.717) is 11.2 Å². The molecule has 128 valence electrons. The second-order valence-corrected chi connectivity index (χ2v) is 6.17. The van der Waals surface area contributed by atoms with Gasteiger partial charge in [0.2, 0.25) is 12.0 Å². The first kappa shape index (κ1) is 15.8. The Bertz CT molecular complexity index is 943. The monoisotopic (exact) mass is 345 g/mol. The van der Waals surface area contributed by atoms with Gasteiger partial charge in [0.1, 0.15) is 11.1 Å². The smallest absolute Gasteiger partial charge is 0.322 e. The lowest BCUT2D eigenvalue weighted by Gasteiger charge is -2.21. The van der Waals surface area contributed by atoms with Crippen LogP contribution in [0.15, 0.2) is 41.7 Å². The van der Waals surface area contributed by atoms with Crippen molar-refractivity contribution in [2.45, 2.75) is 31.4 Å². The number of nitrogens with one attached hydrogen (secondary N) is 2. The summed E-state index contributed by atoms with van der Waals surface area (Å²) in [6, 6.07) is 9.28. The summed E-state index contributed by atoms with van der Waals surface area (Å²) < 4.78 is 38.7. The van der Waals surface area contributed by atoms with E-state index in [9.17, 15) is 13.2 Å². The van der Waals surface area contributed by atoms with Crippen LogP contribution in [0.2, 0.25) is 0 Å². The summed E-state index contributed by atoms with van der Waals surface area (Å²) in [6.45, 7) is 0. The Morgan fingerprint density at radius 3 is 2.96 bits per heavy atom. The number of halogens is 3. The third kappa shape index (κ3) is 3.01. The van der Waals surface area contributed by atoms with E-state index in [-0.39, 0.29) is 11.6 Å². The highest BCUT2D eigenvalue weighted by molar-refractivity contribution is 5.87. The third-order valence-corrected chi connectivity index (χ3v) is 4.55. The summed E-state index contributed by atoms with van der Waals surface area (Å²) in [5, 5.41) is 0.329. The number of aromatic nitrogens is 3. The minimum Gasteiger partial charge on any atom is -0.322 e. The zero-order valence-corrected chi connectivity index (χ0v) is 13.3. The highest BCUT2D eigenvalue weighted by Gasteiger charge is 2.34. The van der Waals surface area contributed by atoms with E-state index in [1.54, 1.807) is 0 Å². The second-order valence-electron chi connectivity index (χ2n) is 6.17. The van der Waals surface area contributed by atoms with Crippen LogP contribution in [0.1, 0.15) is 35.6 Å². The number of hydrogen-bond donors (Lipinski definition) is 1. The summed E-state index contributed by atoms with van der Waals surface area (Å²) in [5.41, 5.74) is 1.90. The van der Waals surface area contributed by atoms with Crippen LogP contribution in [0.4, 0.5) is 19.0 Å². The molecule has 2 aromatic heterocycles. The maximum atomic E-state index is 12.9. The number of aliphatic imine (C=N–C) groups is 1. The molecule has 1 atom stereocenters. The molecule has 0 amide bonds. The number of alkyl halides is 3. The highest BCUT2D eigenvalue weighted by atomic mass is 19.4. The Morgan fingerprint density at radius 1 is 1.28 bits per heavy atom. The quantitative estimate of drug-likeness (QED) is 0.695. The molecule has 0 saturated heterocycles. The molecule has 1 aliphatic rings. The summed E-state index contributed by atoms with van der Waals surface area (Å²) in [7, 11) is 0. The summed E-state index contributed by atoms with van der Waals surface area (Å²) in [4.78, 5) is 13.5. The van der Waals surface area contributed by atoms with Crippen LogP contribution in [0.5, 0.6) is 0 Å². The van der Waals surface area contributed by atoms with E-state index in [2.05, 4.69) is 32.1 Å². The van der Waals surface area contributed by atoms with Gasteiger partial charge in [0, 0.05) is 5.92 Å². The molecule has 25 heavy (non-hydrogen) atoms. The lowest BCUT2D eigenvalue weighted by Crippen LogP contribution is -2.11. The molecular formula is C18H16F3N4+. The van der Waals surface area contributed by atoms with Crippen molar-refractivity contribution in [1.29, 1.82) is 0 Å². The maximum Gasteiger partial charge on any atom is 0.431 e. The fourth-order valence-corrected chi connectivity index (χ4v) is 3.33. The number of benzene rings is 1. The average molecular weight is 345 g/mol. The van der Waals surface area contributed by atoms with Gasteiger partial charge in [-0.25, -0.2) is 4.98 Å². The van der Waals surface area contributed by atoms with Gasteiger partial charge in [0.25, 0.3) is 5.82 Å². The van der Waals surface area contributed by atoms with Crippen LogP contribution in [-0.4, -0.2) is 16.2 Å². The number of aromatic amines is 2. The molecule has 0 bridgehead atoms. The van der Waals surface area contributed by atoms with Crippen LogP contribution in [-0.2, 0) is 12.6 Å². The van der Waals surface area contributed by atoms with Gasteiger partial charge in [-0.1, -0.05) is 29.2 Å². The van der Waals surface area contributed by atoms with Crippen molar-refractivity contribution in [1.82, 2.24) is 9.97 Å². The van der Waals surface area contributed by atoms with Gasteiger partial charge in [-0.05, 0) is 36.5 Å². The van der Waals surface area contributed by atoms with E-state index in [4.69, 9.17) is 0 Å². The lowest BCUT2D eigenvalue weighted by atomic mass is 9.83.